The number of halogens is 2. The minimum absolute atomic E-state index is 0.210. The van der Waals surface area contributed by atoms with E-state index in [9.17, 15) is 9.59 Å². The summed E-state index contributed by atoms with van der Waals surface area (Å²) in [5.74, 6) is 1.84. The standard InChI is InChI=1S/C28H45Cl2N7O3/c1-18(2)16-22(25(31)32-6)34-26(38)20(35-27(39)40-28(3,4)5)9-11-24-33-21-17-19(8-10-23(21)36(24)7)37(14-12-29)15-13-30/h8,10,17-18,20,22H,9,11-16H2,1-7H3,(H2,31,32)(H,34,38)(H,35,39)/t20-,22-/m0/s1. The minimum Gasteiger partial charge on any atom is -0.444 e. The molecule has 0 saturated carbocycles. The molecule has 1 aromatic carbocycles. The van der Waals surface area contributed by atoms with Crippen molar-refractivity contribution < 1.29 is 14.3 Å². The monoisotopic (exact) mass is 597 g/mol. The number of imidazole rings is 1. The van der Waals surface area contributed by atoms with Crippen molar-refractivity contribution in [2.24, 2.45) is 13.0 Å². The first-order valence-corrected chi connectivity index (χ1v) is 14.7. The van der Waals surface area contributed by atoms with Gasteiger partial charge in [-0.3, -0.25) is 10.2 Å². The normalized spacial score (nSPS) is 13.2. The van der Waals surface area contributed by atoms with Gasteiger partial charge in [-0.2, -0.15) is 0 Å². The number of nitrogens with zero attached hydrogens (tertiary/aromatic N) is 3. The summed E-state index contributed by atoms with van der Waals surface area (Å²) in [5.41, 5.74) is 2.06. The predicted molar refractivity (Wildman–Crippen MR) is 164 cm³/mol. The van der Waals surface area contributed by atoms with Crippen molar-refractivity contribution in [1.82, 2.24) is 25.5 Å². The van der Waals surface area contributed by atoms with Crippen molar-refractivity contribution in [2.45, 2.75) is 71.6 Å². The highest BCUT2D eigenvalue weighted by atomic mass is 35.5. The molecule has 0 fully saturated rings. The number of amides is 2. The zero-order valence-corrected chi connectivity index (χ0v) is 26.2. The number of ether oxygens (including phenoxy) is 1. The first-order valence-electron chi connectivity index (χ1n) is 13.7. The van der Waals surface area contributed by atoms with Gasteiger partial charge in [-0.15, -0.1) is 23.2 Å². The highest BCUT2D eigenvalue weighted by Crippen LogP contribution is 2.23. The van der Waals surface area contributed by atoms with Crippen LogP contribution in [0.1, 0.15) is 53.3 Å². The van der Waals surface area contributed by atoms with Gasteiger partial charge in [-0.05, 0) is 57.7 Å². The number of rotatable bonds is 14. The number of aryl methyl sites for hydroxylation is 2. The maximum Gasteiger partial charge on any atom is 0.408 e. The zero-order chi connectivity index (χ0) is 30.0. The van der Waals surface area contributed by atoms with Crippen LogP contribution in [0.4, 0.5) is 10.5 Å². The Kier molecular flexibility index (Phi) is 12.8. The number of alkyl halides is 2. The van der Waals surface area contributed by atoms with E-state index in [2.05, 4.69) is 20.9 Å². The molecule has 224 valence electrons. The van der Waals surface area contributed by atoms with E-state index < -0.39 is 23.8 Å². The summed E-state index contributed by atoms with van der Waals surface area (Å²) in [4.78, 5) is 33.0. The number of carbonyl (C=O) groups is 2. The molecule has 1 heterocycles. The van der Waals surface area contributed by atoms with Crippen molar-refractivity contribution in [1.29, 1.82) is 5.41 Å². The first-order chi connectivity index (χ1) is 18.8. The summed E-state index contributed by atoms with van der Waals surface area (Å²) >= 11 is 12.0. The van der Waals surface area contributed by atoms with Crippen molar-refractivity contribution in [3.63, 3.8) is 0 Å². The van der Waals surface area contributed by atoms with Gasteiger partial charge in [0.15, 0.2) is 0 Å². The van der Waals surface area contributed by atoms with Gasteiger partial charge in [-0.25, -0.2) is 9.78 Å². The van der Waals surface area contributed by atoms with Crippen LogP contribution in [0.5, 0.6) is 0 Å². The maximum atomic E-state index is 13.4. The number of benzene rings is 1. The van der Waals surface area contributed by atoms with E-state index in [4.69, 9.17) is 38.3 Å². The molecule has 0 bridgehead atoms. The Balaban J connectivity index is 2.29. The van der Waals surface area contributed by atoms with Crippen LogP contribution >= 0.6 is 23.2 Å². The van der Waals surface area contributed by atoms with Gasteiger partial charge in [0.2, 0.25) is 5.91 Å². The summed E-state index contributed by atoms with van der Waals surface area (Å²) < 4.78 is 7.42. The lowest BCUT2D eigenvalue weighted by molar-refractivity contribution is -0.123. The van der Waals surface area contributed by atoms with Crippen molar-refractivity contribution in [2.75, 3.05) is 36.8 Å². The maximum absolute atomic E-state index is 13.4. The summed E-state index contributed by atoms with van der Waals surface area (Å²) in [6.45, 7) is 10.7. The number of amidine groups is 1. The molecule has 0 unspecified atom stereocenters. The molecule has 1 aromatic heterocycles. The smallest absolute Gasteiger partial charge is 0.408 e. The molecule has 0 aliphatic heterocycles. The quantitative estimate of drug-likeness (QED) is 0.145. The molecule has 0 aliphatic carbocycles. The molecular formula is C28H45Cl2N7O3. The Morgan fingerprint density at radius 3 is 2.33 bits per heavy atom. The molecule has 10 nitrogen and oxygen atoms in total. The summed E-state index contributed by atoms with van der Waals surface area (Å²) in [7, 11) is 3.59. The number of fused-ring (bicyclic) bond motifs is 1. The molecule has 2 amide bonds. The molecule has 2 aromatic rings. The molecule has 2 rings (SSSR count). The van der Waals surface area contributed by atoms with Crippen LogP contribution in [0.15, 0.2) is 18.2 Å². The fraction of sp³-hybridized carbons (Fsp3) is 0.643. The molecule has 4 N–H and O–H groups in total. The van der Waals surface area contributed by atoms with Crippen molar-refractivity contribution in [3.05, 3.63) is 24.0 Å². The molecule has 0 spiro atoms. The van der Waals surface area contributed by atoms with Crippen LogP contribution < -0.4 is 20.9 Å². The number of carbonyl (C=O) groups excluding carboxylic acids is 2. The van der Waals surface area contributed by atoms with Gasteiger partial charge < -0.3 is 30.2 Å². The lowest BCUT2D eigenvalue weighted by Crippen LogP contribution is -2.54. The second kappa shape index (κ2) is 15.3. The topological polar surface area (TPSA) is 124 Å². The number of aromatic nitrogens is 2. The molecule has 0 aliphatic rings. The van der Waals surface area contributed by atoms with Crippen molar-refractivity contribution >= 4 is 57.8 Å². The van der Waals surface area contributed by atoms with E-state index in [1.807, 2.05) is 43.7 Å². The lowest BCUT2D eigenvalue weighted by Gasteiger charge is -2.26. The Bertz CT molecular complexity index is 1140. The summed E-state index contributed by atoms with van der Waals surface area (Å²) in [6, 6.07) is 4.67. The van der Waals surface area contributed by atoms with E-state index in [0.717, 1.165) is 22.5 Å². The van der Waals surface area contributed by atoms with Crippen LogP contribution in [-0.2, 0) is 23.0 Å². The number of anilines is 1. The largest absolute Gasteiger partial charge is 0.444 e. The SMILES string of the molecule is CNC(=N)[C@H](CC(C)C)NC(=O)[C@H](CCc1nc2cc(N(CCCl)CCCl)ccc2n1C)NC(=O)OC(C)(C)C. The Labute approximate surface area is 248 Å². The number of hydrogen-bond acceptors (Lipinski definition) is 6. The second-order valence-electron chi connectivity index (χ2n) is 11.2. The second-order valence-corrected chi connectivity index (χ2v) is 12.0. The Morgan fingerprint density at radius 2 is 1.77 bits per heavy atom. The molecule has 40 heavy (non-hydrogen) atoms. The number of alkyl carbamates (subject to hydrolysis) is 1. The number of likely N-dealkylation sites (N-methyl/N-ethyl adjacent to an activating group) is 1. The molecular weight excluding hydrogens is 553 g/mol. The van der Waals surface area contributed by atoms with Crippen molar-refractivity contribution in [3.8, 4) is 0 Å². The van der Waals surface area contributed by atoms with E-state index in [-0.39, 0.29) is 17.7 Å². The van der Waals surface area contributed by atoms with E-state index >= 15 is 0 Å². The molecule has 12 heteroatoms. The van der Waals surface area contributed by atoms with Crippen LogP contribution in [0, 0.1) is 11.3 Å². The highest BCUT2D eigenvalue weighted by molar-refractivity contribution is 6.18. The fourth-order valence-corrected chi connectivity index (χ4v) is 4.80. The zero-order valence-electron chi connectivity index (χ0n) is 24.7. The van der Waals surface area contributed by atoms with E-state index in [1.165, 1.54) is 0 Å². The summed E-state index contributed by atoms with van der Waals surface area (Å²) in [6.07, 6.45) is 0.633. The first kappa shape index (κ1) is 33.5. The molecule has 0 saturated heterocycles. The van der Waals surface area contributed by atoms with Gasteiger partial charge in [0, 0.05) is 51.1 Å². The lowest BCUT2D eigenvalue weighted by atomic mass is 10.0. The highest BCUT2D eigenvalue weighted by Gasteiger charge is 2.28. The average Bonchev–Trinajstić information content (AvgIpc) is 3.18. The molecule has 0 radical (unpaired) electrons. The predicted octanol–water partition coefficient (Wildman–Crippen LogP) is 4.41. The minimum atomic E-state index is -0.882. The summed E-state index contributed by atoms with van der Waals surface area (Å²) in [5, 5.41) is 16.7. The van der Waals surface area contributed by atoms with Gasteiger partial charge in [0.1, 0.15) is 23.3 Å². The fourth-order valence-electron chi connectivity index (χ4n) is 4.39. The van der Waals surface area contributed by atoms with Gasteiger partial charge in [0.25, 0.3) is 0 Å². The number of nitrogens with one attached hydrogen (secondary N) is 4. The third-order valence-corrected chi connectivity index (χ3v) is 6.67. The van der Waals surface area contributed by atoms with Gasteiger partial charge in [-0.1, -0.05) is 13.8 Å². The Morgan fingerprint density at radius 1 is 1.12 bits per heavy atom. The third kappa shape index (κ3) is 10.0. The number of hydrogen-bond donors (Lipinski definition) is 4. The average molecular weight is 599 g/mol. The third-order valence-electron chi connectivity index (χ3n) is 6.34. The Hall–Kier alpha value is -2.72. The van der Waals surface area contributed by atoms with Crippen LogP contribution in [0.2, 0.25) is 0 Å². The van der Waals surface area contributed by atoms with Gasteiger partial charge >= 0.3 is 6.09 Å². The van der Waals surface area contributed by atoms with Gasteiger partial charge in [0.05, 0.1) is 17.1 Å². The van der Waals surface area contributed by atoms with Crippen LogP contribution in [0.25, 0.3) is 11.0 Å². The van der Waals surface area contributed by atoms with Crippen LogP contribution in [-0.4, -0.2) is 77.0 Å². The van der Waals surface area contributed by atoms with E-state index in [1.54, 1.807) is 27.8 Å². The van der Waals surface area contributed by atoms with Crippen LogP contribution in [0.3, 0.4) is 0 Å². The molecule has 2 atom stereocenters. The van der Waals surface area contributed by atoms with E-state index in [0.29, 0.717) is 44.1 Å².